The number of hydrogen-bond acceptors (Lipinski definition) is 4. The SMILES string of the molecule is Nc1c(B(O)O)sc2ccc(Br)cc12. The predicted octanol–water partition coefficient (Wildman–Crippen LogP) is 0.926. The number of fused-ring (bicyclic) bond motifs is 1. The van der Waals surface area contributed by atoms with Crippen LogP contribution >= 0.6 is 27.3 Å². The molecule has 0 spiro atoms. The molecule has 0 bridgehead atoms. The highest BCUT2D eigenvalue weighted by Crippen LogP contribution is 2.28. The molecule has 0 saturated carbocycles. The number of halogens is 1. The normalized spacial score (nSPS) is 10.8. The Bertz CT molecular complexity index is 485. The van der Waals surface area contributed by atoms with Crippen LogP contribution in [0.4, 0.5) is 5.69 Å². The van der Waals surface area contributed by atoms with E-state index in [0.717, 1.165) is 14.6 Å². The second-order valence-corrected chi connectivity index (χ2v) is 4.89. The Balaban J connectivity index is 2.74. The molecule has 1 heterocycles. The lowest BCUT2D eigenvalue weighted by Gasteiger charge is -1.95. The Morgan fingerprint density at radius 2 is 2.07 bits per heavy atom. The van der Waals surface area contributed by atoms with Crippen LogP contribution < -0.4 is 10.5 Å². The second kappa shape index (κ2) is 3.54. The number of rotatable bonds is 1. The van der Waals surface area contributed by atoms with Crippen molar-refractivity contribution < 1.29 is 10.0 Å². The lowest BCUT2D eigenvalue weighted by Crippen LogP contribution is -2.28. The third-order valence-electron chi connectivity index (χ3n) is 1.95. The first-order valence-electron chi connectivity index (χ1n) is 3.93. The van der Waals surface area contributed by atoms with E-state index in [0.29, 0.717) is 10.5 Å². The summed E-state index contributed by atoms with van der Waals surface area (Å²) in [5, 5.41) is 19.0. The van der Waals surface area contributed by atoms with Crippen molar-refractivity contribution in [3.8, 4) is 0 Å². The van der Waals surface area contributed by atoms with Crippen molar-refractivity contribution in [1.82, 2.24) is 0 Å². The fraction of sp³-hybridized carbons (Fsp3) is 0. The van der Waals surface area contributed by atoms with Gasteiger partial charge in [-0.2, -0.15) is 0 Å². The fourth-order valence-corrected chi connectivity index (χ4v) is 2.64. The summed E-state index contributed by atoms with van der Waals surface area (Å²) < 4.78 is 2.28. The maximum Gasteiger partial charge on any atom is 0.501 e. The quantitative estimate of drug-likeness (QED) is 0.676. The predicted molar refractivity (Wildman–Crippen MR) is 63.8 cm³/mol. The highest BCUT2D eigenvalue weighted by molar-refractivity contribution is 9.10. The highest BCUT2D eigenvalue weighted by atomic mass is 79.9. The first kappa shape index (κ1) is 9.98. The first-order valence-corrected chi connectivity index (χ1v) is 5.54. The molecule has 0 amide bonds. The molecule has 0 unspecified atom stereocenters. The van der Waals surface area contributed by atoms with Crippen LogP contribution in [0.5, 0.6) is 0 Å². The van der Waals surface area contributed by atoms with Gasteiger partial charge >= 0.3 is 7.12 Å². The molecule has 0 atom stereocenters. The zero-order valence-electron chi connectivity index (χ0n) is 7.07. The van der Waals surface area contributed by atoms with Crippen molar-refractivity contribution in [3.05, 3.63) is 22.7 Å². The summed E-state index contributed by atoms with van der Waals surface area (Å²) in [6.45, 7) is 0. The minimum Gasteiger partial charge on any atom is -0.423 e. The molecule has 2 aromatic rings. The third kappa shape index (κ3) is 1.54. The van der Waals surface area contributed by atoms with Gasteiger partial charge in [-0.1, -0.05) is 15.9 Å². The van der Waals surface area contributed by atoms with Crippen molar-refractivity contribution in [3.63, 3.8) is 0 Å². The molecule has 1 aromatic heterocycles. The van der Waals surface area contributed by atoms with Crippen LogP contribution in [-0.4, -0.2) is 17.2 Å². The molecule has 1 aromatic carbocycles. The average Bonchev–Trinajstić information content (AvgIpc) is 2.44. The Labute approximate surface area is 93.4 Å². The van der Waals surface area contributed by atoms with Gasteiger partial charge < -0.3 is 15.8 Å². The molecule has 3 nitrogen and oxygen atoms in total. The summed E-state index contributed by atoms with van der Waals surface area (Å²) in [7, 11) is -1.49. The van der Waals surface area contributed by atoms with Crippen molar-refractivity contribution in [2.75, 3.05) is 5.73 Å². The summed E-state index contributed by atoms with van der Waals surface area (Å²) in [6, 6.07) is 5.66. The largest absolute Gasteiger partial charge is 0.501 e. The van der Waals surface area contributed by atoms with Crippen LogP contribution in [0.3, 0.4) is 0 Å². The van der Waals surface area contributed by atoms with Gasteiger partial charge in [-0.25, -0.2) is 0 Å². The minimum absolute atomic E-state index is 0.401. The number of nitrogen functional groups attached to an aromatic ring is 1. The first-order chi connectivity index (χ1) is 6.59. The van der Waals surface area contributed by atoms with E-state index in [-0.39, 0.29) is 0 Å². The van der Waals surface area contributed by atoms with Crippen molar-refractivity contribution in [2.45, 2.75) is 0 Å². The molecule has 72 valence electrons. The van der Waals surface area contributed by atoms with Gasteiger partial charge in [0, 0.05) is 14.6 Å². The number of anilines is 1. The Morgan fingerprint density at radius 1 is 1.36 bits per heavy atom. The van der Waals surface area contributed by atoms with E-state index in [1.807, 2.05) is 18.2 Å². The molecule has 0 aliphatic carbocycles. The number of benzene rings is 1. The van der Waals surface area contributed by atoms with Gasteiger partial charge in [0.15, 0.2) is 0 Å². The second-order valence-electron chi connectivity index (χ2n) is 2.89. The summed E-state index contributed by atoms with van der Waals surface area (Å²) in [5.41, 5.74) is 6.22. The standard InChI is InChI=1S/C8H7BBrNO2S/c10-4-1-2-6-5(3-4)7(11)8(14-6)9(12)13/h1-3,12-13H,11H2. The van der Waals surface area contributed by atoms with Crippen molar-refractivity contribution in [1.29, 1.82) is 0 Å². The molecule has 0 aliphatic heterocycles. The van der Waals surface area contributed by atoms with Gasteiger partial charge in [-0.05, 0) is 18.2 Å². The van der Waals surface area contributed by atoms with Crippen LogP contribution in [0.2, 0.25) is 0 Å². The zero-order chi connectivity index (χ0) is 10.3. The van der Waals surface area contributed by atoms with Crippen LogP contribution in [0.15, 0.2) is 22.7 Å². The van der Waals surface area contributed by atoms with Gasteiger partial charge in [0.2, 0.25) is 0 Å². The van der Waals surface area contributed by atoms with Gasteiger partial charge in [-0.3, -0.25) is 0 Å². The number of hydrogen-bond donors (Lipinski definition) is 3. The molecular weight excluding hydrogens is 265 g/mol. The monoisotopic (exact) mass is 271 g/mol. The summed E-state index contributed by atoms with van der Waals surface area (Å²) in [4.78, 5) is 0. The topological polar surface area (TPSA) is 66.5 Å². The number of thiophene rings is 1. The van der Waals surface area contributed by atoms with Gasteiger partial charge in [0.05, 0.1) is 10.5 Å². The van der Waals surface area contributed by atoms with Crippen LogP contribution in [0.1, 0.15) is 0 Å². The molecule has 0 radical (unpaired) electrons. The lowest BCUT2D eigenvalue weighted by molar-refractivity contribution is 0.427. The molecule has 0 aliphatic rings. The summed E-state index contributed by atoms with van der Waals surface area (Å²) in [5.74, 6) is 0. The van der Waals surface area contributed by atoms with Crippen LogP contribution in [-0.2, 0) is 0 Å². The average molecular weight is 272 g/mol. The molecule has 6 heteroatoms. The highest BCUT2D eigenvalue weighted by Gasteiger charge is 2.19. The van der Waals surface area contributed by atoms with Gasteiger partial charge in [-0.15, -0.1) is 11.3 Å². The maximum atomic E-state index is 9.05. The van der Waals surface area contributed by atoms with Gasteiger partial charge in [0.25, 0.3) is 0 Å². The van der Waals surface area contributed by atoms with E-state index >= 15 is 0 Å². The van der Waals surface area contributed by atoms with Crippen molar-refractivity contribution >= 4 is 54.9 Å². The van der Waals surface area contributed by atoms with E-state index in [1.54, 1.807) is 0 Å². The number of nitrogens with two attached hydrogens (primary N) is 1. The fourth-order valence-electron chi connectivity index (χ4n) is 1.30. The van der Waals surface area contributed by atoms with Crippen LogP contribution in [0.25, 0.3) is 10.1 Å². The summed E-state index contributed by atoms with van der Waals surface area (Å²) >= 11 is 4.63. The molecule has 14 heavy (non-hydrogen) atoms. The van der Waals surface area contributed by atoms with Gasteiger partial charge in [0.1, 0.15) is 0 Å². The maximum absolute atomic E-state index is 9.05. The minimum atomic E-state index is -1.49. The van der Waals surface area contributed by atoms with E-state index in [2.05, 4.69) is 15.9 Å². The van der Waals surface area contributed by atoms with E-state index in [4.69, 9.17) is 15.8 Å². The molecule has 2 rings (SSSR count). The Hall–Kier alpha value is -0.555. The lowest BCUT2D eigenvalue weighted by atomic mass is 9.88. The van der Waals surface area contributed by atoms with E-state index in [1.165, 1.54) is 11.3 Å². The smallest absolute Gasteiger partial charge is 0.423 e. The van der Waals surface area contributed by atoms with Crippen molar-refractivity contribution in [2.24, 2.45) is 0 Å². The van der Waals surface area contributed by atoms with E-state index < -0.39 is 7.12 Å². The molecule has 0 saturated heterocycles. The third-order valence-corrected chi connectivity index (χ3v) is 3.67. The Morgan fingerprint density at radius 3 is 2.71 bits per heavy atom. The molecule has 0 fully saturated rings. The molecule has 4 N–H and O–H groups in total. The Kier molecular flexibility index (Phi) is 2.53. The van der Waals surface area contributed by atoms with Crippen LogP contribution in [0, 0.1) is 0 Å². The molecular formula is C8H7BBrNO2S. The zero-order valence-corrected chi connectivity index (χ0v) is 9.47. The van der Waals surface area contributed by atoms with E-state index in [9.17, 15) is 0 Å². The summed E-state index contributed by atoms with van der Waals surface area (Å²) in [6.07, 6.45) is 0.